The van der Waals surface area contributed by atoms with Crippen molar-refractivity contribution in [3.05, 3.63) is 28.7 Å². The van der Waals surface area contributed by atoms with Gasteiger partial charge in [0.05, 0.1) is 10.6 Å². The highest BCUT2D eigenvalue weighted by atomic mass is 79.9. The van der Waals surface area contributed by atoms with Gasteiger partial charge in [0, 0.05) is 4.47 Å². The third kappa shape index (κ3) is 4.23. The van der Waals surface area contributed by atoms with E-state index in [1.807, 2.05) is 0 Å². The van der Waals surface area contributed by atoms with Gasteiger partial charge in [0.2, 0.25) is 0 Å². The number of unbranched alkanes of at least 4 members (excludes halogenated alkanes) is 2. The Morgan fingerprint density at radius 3 is 2.25 bits per heavy atom. The van der Waals surface area contributed by atoms with Crippen LogP contribution in [0.25, 0.3) is 0 Å². The van der Waals surface area contributed by atoms with Crippen LogP contribution in [0.4, 0.5) is 0 Å². The van der Waals surface area contributed by atoms with E-state index in [1.165, 1.54) is 0 Å². The summed E-state index contributed by atoms with van der Waals surface area (Å²) in [4.78, 5) is 0.392. The molecule has 0 saturated carbocycles. The van der Waals surface area contributed by atoms with Crippen LogP contribution in [0.5, 0.6) is 0 Å². The maximum absolute atomic E-state index is 11.9. The van der Waals surface area contributed by atoms with Gasteiger partial charge >= 0.3 is 0 Å². The fraction of sp³-hybridized carbons (Fsp3) is 0.455. The summed E-state index contributed by atoms with van der Waals surface area (Å²) in [6, 6.07) is 6.74. The van der Waals surface area contributed by atoms with E-state index < -0.39 is 9.84 Å². The summed E-state index contributed by atoms with van der Waals surface area (Å²) in [5.41, 5.74) is 5.35. The largest absolute Gasteiger partial charge is 0.330 e. The molecule has 0 heterocycles. The SMILES string of the molecule is NCCCCCS(=O)(=O)c1ccc(Br)cc1. The number of benzene rings is 1. The van der Waals surface area contributed by atoms with Gasteiger partial charge in [-0.1, -0.05) is 22.4 Å². The van der Waals surface area contributed by atoms with Gasteiger partial charge < -0.3 is 5.73 Å². The first kappa shape index (κ1) is 13.7. The Morgan fingerprint density at radius 2 is 1.69 bits per heavy atom. The number of hydrogen-bond donors (Lipinski definition) is 1. The molecule has 0 amide bonds. The number of rotatable bonds is 6. The minimum atomic E-state index is -3.12. The third-order valence-electron chi connectivity index (χ3n) is 2.29. The van der Waals surface area contributed by atoms with Crippen molar-refractivity contribution >= 4 is 25.8 Å². The number of hydrogen-bond acceptors (Lipinski definition) is 3. The van der Waals surface area contributed by atoms with Gasteiger partial charge in [-0.05, 0) is 43.7 Å². The zero-order valence-corrected chi connectivity index (χ0v) is 11.4. The molecule has 0 aliphatic rings. The lowest BCUT2D eigenvalue weighted by Crippen LogP contribution is -2.07. The Bertz CT molecular complexity index is 414. The first-order valence-electron chi connectivity index (χ1n) is 5.24. The minimum absolute atomic E-state index is 0.203. The van der Waals surface area contributed by atoms with Crippen LogP contribution < -0.4 is 5.73 Å². The summed E-state index contributed by atoms with van der Waals surface area (Å²) in [5.74, 6) is 0.203. The van der Waals surface area contributed by atoms with Gasteiger partial charge in [0.25, 0.3) is 0 Å². The highest BCUT2D eigenvalue weighted by molar-refractivity contribution is 9.10. The van der Waals surface area contributed by atoms with Crippen molar-refractivity contribution in [2.75, 3.05) is 12.3 Å². The van der Waals surface area contributed by atoms with Crippen LogP contribution in [0.15, 0.2) is 33.6 Å². The quantitative estimate of drug-likeness (QED) is 0.821. The van der Waals surface area contributed by atoms with Crippen LogP contribution in [-0.2, 0) is 9.84 Å². The molecular formula is C11H16BrNO2S. The zero-order valence-electron chi connectivity index (χ0n) is 9.02. The summed E-state index contributed by atoms with van der Waals surface area (Å²) in [7, 11) is -3.12. The van der Waals surface area contributed by atoms with Crippen molar-refractivity contribution in [3.8, 4) is 0 Å². The van der Waals surface area contributed by atoms with Crippen LogP contribution in [0, 0.1) is 0 Å². The Hall–Kier alpha value is -0.390. The van der Waals surface area contributed by atoms with Crippen molar-refractivity contribution in [2.45, 2.75) is 24.2 Å². The molecule has 0 aliphatic carbocycles. The fourth-order valence-corrected chi connectivity index (χ4v) is 3.01. The molecule has 5 heteroatoms. The van der Waals surface area contributed by atoms with E-state index in [-0.39, 0.29) is 5.75 Å². The number of nitrogens with two attached hydrogens (primary N) is 1. The van der Waals surface area contributed by atoms with Crippen LogP contribution >= 0.6 is 15.9 Å². The second-order valence-electron chi connectivity index (χ2n) is 3.62. The van der Waals surface area contributed by atoms with Gasteiger partial charge in [0.1, 0.15) is 0 Å². The highest BCUT2D eigenvalue weighted by Crippen LogP contribution is 2.16. The van der Waals surface area contributed by atoms with E-state index in [0.717, 1.165) is 17.3 Å². The van der Waals surface area contributed by atoms with Crippen LogP contribution in [0.2, 0.25) is 0 Å². The average Bonchev–Trinajstić information content (AvgIpc) is 2.25. The fourth-order valence-electron chi connectivity index (χ4n) is 1.37. The molecule has 16 heavy (non-hydrogen) atoms. The van der Waals surface area contributed by atoms with E-state index in [1.54, 1.807) is 24.3 Å². The first-order valence-corrected chi connectivity index (χ1v) is 7.69. The van der Waals surface area contributed by atoms with Gasteiger partial charge in [-0.3, -0.25) is 0 Å². The van der Waals surface area contributed by atoms with Gasteiger partial charge in [-0.15, -0.1) is 0 Å². The Kier molecular flexibility index (Phi) is 5.44. The lowest BCUT2D eigenvalue weighted by molar-refractivity contribution is 0.590. The third-order valence-corrected chi connectivity index (χ3v) is 4.64. The molecule has 1 aromatic carbocycles. The highest BCUT2D eigenvalue weighted by Gasteiger charge is 2.13. The van der Waals surface area contributed by atoms with Crippen LogP contribution in [0.3, 0.4) is 0 Å². The van der Waals surface area contributed by atoms with Crippen LogP contribution in [-0.4, -0.2) is 20.7 Å². The summed E-state index contributed by atoms with van der Waals surface area (Å²) >= 11 is 3.28. The van der Waals surface area contributed by atoms with Gasteiger partial charge in [0.15, 0.2) is 9.84 Å². The van der Waals surface area contributed by atoms with E-state index in [4.69, 9.17) is 5.73 Å². The van der Waals surface area contributed by atoms with Crippen molar-refractivity contribution in [3.63, 3.8) is 0 Å². The Balaban J connectivity index is 2.60. The predicted molar refractivity (Wildman–Crippen MR) is 69.1 cm³/mol. The monoisotopic (exact) mass is 305 g/mol. The maximum atomic E-state index is 11.9. The molecule has 3 nitrogen and oxygen atoms in total. The van der Waals surface area contributed by atoms with E-state index in [0.29, 0.717) is 17.9 Å². The first-order chi connectivity index (χ1) is 7.56. The molecular weight excluding hydrogens is 290 g/mol. The molecule has 1 rings (SSSR count). The predicted octanol–water partition coefficient (Wildman–Crippen LogP) is 2.35. The second kappa shape index (κ2) is 6.37. The molecule has 0 saturated heterocycles. The van der Waals surface area contributed by atoms with Crippen molar-refractivity contribution < 1.29 is 8.42 Å². The lowest BCUT2D eigenvalue weighted by Gasteiger charge is -2.04. The maximum Gasteiger partial charge on any atom is 0.178 e. The van der Waals surface area contributed by atoms with Gasteiger partial charge in [-0.25, -0.2) is 8.42 Å². The molecule has 0 atom stereocenters. The molecule has 0 radical (unpaired) electrons. The molecule has 0 aliphatic heterocycles. The Morgan fingerprint density at radius 1 is 1.06 bits per heavy atom. The minimum Gasteiger partial charge on any atom is -0.330 e. The van der Waals surface area contributed by atoms with Gasteiger partial charge in [-0.2, -0.15) is 0 Å². The standard InChI is InChI=1S/C11H16BrNO2S/c12-10-4-6-11(7-5-10)16(14,15)9-3-1-2-8-13/h4-7H,1-3,8-9,13H2. The summed E-state index contributed by atoms with van der Waals surface area (Å²) in [5, 5.41) is 0. The summed E-state index contributed by atoms with van der Waals surface area (Å²) < 4.78 is 24.6. The van der Waals surface area contributed by atoms with E-state index in [2.05, 4.69) is 15.9 Å². The molecule has 1 aromatic rings. The summed E-state index contributed by atoms with van der Waals surface area (Å²) in [6.07, 6.45) is 2.43. The molecule has 0 aromatic heterocycles. The number of halogens is 1. The molecule has 0 spiro atoms. The van der Waals surface area contributed by atoms with E-state index >= 15 is 0 Å². The molecule has 90 valence electrons. The molecule has 0 fully saturated rings. The average molecular weight is 306 g/mol. The second-order valence-corrected chi connectivity index (χ2v) is 6.65. The topological polar surface area (TPSA) is 60.2 Å². The number of sulfone groups is 1. The zero-order chi connectivity index (χ0) is 12.0. The summed E-state index contributed by atoms with van der Waals surface area (Å²) in [6.45, 7) is 0.623. The van der Waals surface area contributed by atoms with Crippen molar-refractivity contribution in [1.82, 2.24) is 0 Å². The van der Waals surface area contributed by atoms with Crippen LogP contribution in [0.1, 0.15) is 19.3 Å². The van der Waals surface area contributed by atoms with Crippen molar-refractivity contribution in [1.29, 1.82) is 0 Å². The normalized spacial score (nSPS) is 11.6. The smallest absolute Gasteiger partial charge is 0.178 e. The van der Waals surface area contributed by atoms with Crippen molar-refractivity contribution in [2.24, 2.45) is 5.73 Å². The van der Waals surface area contributed by atoms with E-state index in [9.17, 15) is 8.42 Å². The molecule has 0 unspecified atom stereocenters. The molecule has 2 N–H and O–H groups in total. The molecule has 0 bridgehead atoms. The Labute approximate surface area is 105 Å². The lowest BCUT2D eigenvalue weighted by atomic mass is 10.2.